The average Bonchev–Trinajstić information content (AvgIpc) is 2.58. The Hall–Kier alpha value is -2.31. The molecule has 138 valence electrons. The van der Waals surface area contributed by atoms with Crippen molar-refractivity contribution in [1.82, 2.24) is 0 Å². The summed E-state index contributed by atoms with van der Waals surface area (Å²) in [4.78, 5) is 12.1. The zero-order valence-corrected chi connectivity index (χ0v) is 16.2. The van der Waals surface area contributed by atoms with Gasteiger partial charge in [-0.1, -0.05) is 36.7 Å². The maximum Gasteiger partial charge on any atom is 0.248 e. The first-order chi connectivity index (χ1) is 12.3. The van der Waals surface area contributed by atoms with E-state index < -0.39 is 10.0 Å². The van der Waals surface area contributed by atoms with Gasteiger partial charge in [-0.25, -0.2) is 8.42 Å². The lowest BCUT2D eigenvalue weighted by molar-refractivity contribution is -0.111. The van der Waals surface area contributed by atoms with Crippen molar-refractivity contribution in [3.05, 3.63) is 64.7 Å². The first-order valence-corrected chi connectivity index (χ1v) is 10.2. The molecular formula is C19H21ClN2O3S. The highest BCUT2D eigenvalue weighted by Gasteiger charge is 2.12. The summed E-state index contributed by atoms with van der Waals surface area (Å²) in [5.41, 5.74) is 2.51. The van der Waals surface area contributed by atoms with Crippen molar-refractivity contribution in [3.63, 3.8) is 0 Å². The third kappa shape index (κ3) is 5.89. The zero-order valence-electron chi connectivity index (χ0n) is 14.6. The van der Waals surface area contributed by atoms with Crippen LogP contribution in [-0.4, -0.2) is 20.1 Å². The van der Waals surface area contributed by atoms with E-state index in [1.54, 1.807) is 62.4 Å². The smallest absolute Gasteiger partial charge is 0.248 e. The summed E-state index contributed by atoms with van der Waals surface area (Å²) >= 11 is 5.83. The molecule has 0 aliphatic carbocycles. The number of benzene rings is 2. The minimum absolute atomic E-state index is 0.0485. The van der Waals surface area contributed by atoms with E-state index in [0.717, 1.165) is 5.56 Å². The Balaban J connectivity index is 2.10. The summed E-state index contributed by atoms with van der Waals surface area (Å²) in [7, 11) is -3.39. The number of hydrogen-bond acceptors (Lipinski definition) is 3. The Labute approximate surface area is 159 Å². The molecule has 26 heavy (non-hydrogen) atoms. The molecule has 2 aromatic carbocycles. The lowest BCUT2D eigenvalue weighted by Crippen LogP contribution is -2.17. The lowest BCUT2D eigenvalue weighted by atomic mass is 10.1. The largest absolute Gasteiger partial charge is 0.322 e. The van der Waals surface area contributed by atoms with Crippen LogP contribution >= 0.6 is 11.6 Å². The maximum atomic E-state index is 12.1. The van der Waals surface area contributed by atoms with Gasteiger partial charge in [-0.3, -0.25) is 9.52 Å². The van der Waals surface area contributed by atoms with Crippen LogP contribution < -0.4 is 10.0 Å². The van der Waals surface area contributed by atoms with E-state index in [1.165, 1.54) is 6.08 Å². The molecule has 0 aliphatic rings. The van der Waals surface area contributed by atoms with Crippen LogP contribution in [0.2, 0.25) is 5.02 Å². The van der Waals surface area contributed by atoms with E-state index in [2.05, 4.69) is 10.0 Å². The number of halogens is 1. The number of hydrogen-bond donors (Lipinski definition) is 2. The second-order valence-electron chi connectivity index (χ2n) is 5.77. The molecule has 0 radical (unpaired) electrons. The quantitative estimate of drug-likeness (QED) is 0.683. The van der Waals surface area contributed by atoms with Crippen LogP contribution in [0.3, 0.4) is 0 Å². The van der Waals surface area contributed by atoms with E-state index in [0.29, 0.717) is 28.4 Å². The molecule has 0 unspecified atom stereocenters. The second kappa shape index (κ2) is 8.87. The van der Waals surface area contributed by atoms with E-state index in [-0.39, 0.29) is 11.7 Å². The molecule has 0 bridgehead atoms. The highest BCUT2D eigenvalue weighted by Crippen LogP contribution is 2.24. The van der Waals surface area contributed by atoms with Gasteiger partial charge in [0.2, 0.25) is 15.9 Å². The molecule has 7 heteroatoms. The first kappa shape index (κ1) is 20.0. The van der Waals surface area contributed by atoms with Crippen molar-refractivity contribution in [2.75, 3.05) is 15.8 Å². The number of carbonyl (C=O) groups is 1. The molecule has 0 saturated heterocycles. The van der Waals surface area contributed by atoms with Crippen LogP contribution in [0.4, 0.5) is 11.4 Å². The predicted octanol–water partition coefficient (Wildman–Crippen LogP) is 4.45. The molecule has 2 aromatic rings. The van der Waals surface area contributed by atoms with Gasteiger partial charge in [0.25, 0.3) is 0 Å². The van der Waals surface area contributed by atoms with Gasteiger partial charge in [0.05, 0.1) is 11.4 Å². The number of amides is 1. The maximum absolute atomic E-state index is 12.1. The molecule has 2 N–H and O–H groups in total. The van der Waals surface area contributed by atoms with E-state index in [9.17, 15) is 13.2 Å². The van der Waals surface area contributed by atoms with Crippen molar-refractivity contribution in [2.24, 2.45) is 0 Å². The van der Waals surface area contributed by atoms with Gasteiger partial charge in [0, 0.05) is 16.8 Å². The third-order valence-corrected chi connectivity index (χ3v) is 5.36. The van der Waals surface area contributed by atoms with Gasteiger partial charge >= 0.3 is 0 Å². The summed E-state index contributed by atoms with van der Waals surface area (Å²) in [6, 6.07) is 12.2. The molecule has 5 nitrogen and oxygen atoms in total. The molecule has 0 spiro atoms. The highest BCUT2D eigenvalue weighted by atomic mass is 35.5. The fourth-order valence-corrected chi connectivity index (χ4v) is 3.61. The summed E-state index contributed by atoms with van der Waals surface area (Å²) < 4.78 is 26.5. The van der Waals surface area contributed by atoms with E-state index in [1.807, 2.05) is 0 Å². The number of nitrogens with one attached hydrogen (secondary N) is 2. The molecule has 0 atom stereocenters. The second-order valence-corrected chi connectivity index (χ2v) is 8.05. The van der Waals surface area contributed by atoms with Crippen LogP contribution in [-0.2, 0) is 14.8 Å². The van der Waals surface area contributed by atoms with Crippen molar-refractivity contribution in [3.8, 4) is 0 Å². The van der Waals surface area contributed by atoms with Gasteiger partial charge in [-0.05, 0) is 54.8 Å². The zero-order chi connectivity index (χ0) is 19.2. The van der Waals surface area contributed by atoms with Crippen molar-refractivity contribution >= 4 is 45.0 Å². The number of rotatable bonds is 7. The number of anilines is 2. The Morgan fingerprint density at radius 3 is 2.42 bits per heavy atom. The minimum Gasteiger partial charge on any atom is -0.322 e. The molecule has 0 fully saturated rings. The average molecular weight is 393 g/mol. The fourth-order valence-electron chi connectivity index (χ4n) is 2.29. The predicted molar refractivity (Wildman–Crippen MR) is 108 cm³/mol. The first-order valence-electron chi connectivity index (χ1n) is 8.15. The SMILES string of the molecule is CCCS(=O)(=O)Nc1cccc(NC(=O)C=Cc2ccc(Cl)cc2)c1C. The topological polar surface area (TPSA) is 75.3 Å². The van der Waals surface area contributed by atoms with Gasteiger partial charge in [0.15, 0.2) is 0 Å². The number of carbonyl (C=O) groups excluding carboxylic acids is 1. The van der Waals surface area contributed by atoms with Crippen molar-refractivity contribution in [2.45, 2.75) is 20.3 Å². The van der Waals surface area contributed by atoms with Crippen molar-refractivity contribution in [1.29, 1.82) is 0 Å². The highest BCUT2D eigenvalue weighted by molar-refractivity contribution is 7.92. The summed E-state index contributed by atoms with van der Waals surface area (Å²) in [5.74, 6) is -0.260. The van der Waals surface area contributed by atoms with E-state index in [4.69, 9.17) is 11.6 Å². The van der Waals surface area contributed by atoms with Crippen LogP contribution in [0.5, 0.6) is 0 Å². The molecule has 0 saturated carbocycles. The monoisotopic (exact) mass is 392 g/mol. The minimum atomic E-state index is -3.39. The standard InChI is InChI=1S/C19H21ClN2O3S/c1-3-13-26(24,25)22-18-6-4-5-17(14(18)2)21-19(23)12-9-15-7-10-16(20)11-8-15/h4-12,22H,3,13H2,1-2H3,(H,21,23). The summed E-state index contributed by atoms with van der Waals surface area (Å²) in [6.07, 6.45) is 3.62. The molecular weight excluding hydrogens is 372 g/mol. The Bertz CT molecular complexity index is 907. The van der Waals surface area contributed by atoms with Crippen LogP contribution in [0.1, 0.15) is 24.5 Å². The Morgan fingerprint density at radius 1 is 1.12 bits per heavy atom. The van der Waals surface area contributed by atoms with Crippen molar-refractivity contribution < 1.29 is 13.2 Å². The van der Waals surface area contributed by atoms with Crippen LogP contribution in [0.25, 0.3) is 6.08 Å². The van der Waals surface area contributed by atoms with Crippen LogP contribution in [0.15, 0.2) is 48.5 Å². The summed E-state index contributed by atoms with van der Waals surface area (Å²) in [5, 5.41) is 3.39. The van der Waals surface area contributed by atoms with Gasteiger partial charge in [-0.15, -0.1) is 0 Å². The molecule has 0 aromatic heterocycles. The molecule has 2 rings (SSSR count). The third-order valence-electron chi connectivity index (χ3n) is 3.63. The fraction of sp³-hybridized carbons (Fsp3) is 0.211. The summed E-state index contributed by atoms with van der Waals surface area (Å²) in [6.45, 7) is 3.55. The Kier molecular flexibility index (Phi) is 6.83. The van der Waals surface area contributed by atoms with Gasteiger partial charge in [0.1, 0.15) is 0 Å². The Morgan fingerprint density at radius 2 is 1.77 bits per heavy atom. The number of sulfonamides is 1. The lowest BCUT2D eigenvalue weighted by Gasteiger charge is -2.13. The molecule has 1 amide bonds. The van der Waals surface area contributed by atoms with Gasteiger partial charge in [-0.2, -0.15) is 0 Å². The molecule has 0 aliphatic heterocycles. The van der Waals surface area contributed by atoms with Gasteiger partial charge < -0.3 is 5.32 Å². The molecule has 0 heterocycles. The van der Waals surface area contributed by atoms with Crippen LogP contribution in [0, 0.1) is 6.92 Å². The normalized spacial score (nSPS) is 11.5. The van der Waals surface area contributed by atoms with E-state index >= 15 is 0 Å².